The Kier molecular flexibility index (Phi) is 6.30. The van der Waals surface area contributed by atoms with Gasteiger partial charge in [-0.15, -0.1) is 0 Å². The maximum Gasteiger partial charge on any atom is 0.409 e. The van der Waals surface area contributed by atoms with E-state index in [4.69, 9.17) is 10.5 Å². The zero-order valence-electron chi connectivity index (χ0n) is 13.8. The number of amides is 1. The molecule has 1 atom stereocenters. The Balaban J connectivity index is 1.69. The Labute approximate surface area is 132 Å². The Morgan fingerprint density at radius 3 is 2.64 bits per heavy atom. The highest BCUT2D eigenvalue weighted by atomic mass is 16.6. The maximum atomic E-state index is 11.6. The van der Waals surface area contributed by atoms with Gasteiger partial charge in [0.2, 0.25) is 0 Å². The molecule has 1 amide bonds. The summed E-state index contributed by atoms with van der Waals surface area (Å²) >= 11 is 0. The Hall–Kier alpha value is -1.50. The monoisotopic (exact) mass is 311 g/mol. The lowest BCUT2D eigenvalue weighted by molar-refractivity contribution is 0.0963. The van der Waals surface area contributed by atoms with Gasteiger partial charge in [-0.05, 0) is 46.2 Å². The number of likely N-dealkylation sites (tertiary alicyclic amines) is 2. The average molecular weight is 311 g/mol. The molecule has 2 rings (SSSR count). The van der Waals surface area contributed by atoms with Crippen LogP contribution in [0.4, 0.5) is 4.79 Å². The van der Waals surface area contributed by atoms with E-state index >= 15 is 0 Å². The number of likely N-dealkylation sites (N-methyl/N-ethyl adjacent to an activating group) is 1. The minimum absolute atomic E-state index is 0.216. The molecule has 2 fully saturated rings. The van der Waals surface area contributed by atoms with E-state index in [0.29, 0.717) is 31.7 Å². The molecule has 0 aromatic heterocycles. The highest BCUT2D eigenvalue weighted by Gasteiger charge is 2.24. The Bertz CT molecular complexity index is 393. The summed E-state index contributed by atoms with van der Waals surface area (Å²) in [5, 5.41) is 3.28. The molecule has 126 valence electrons. The van der Waals surface area contributed by atoms with Gasteiger partial charge in [0.25, 0.3) is 0 Å². The fraction of sp³-hybridized carbons (Fsp3) is 0.867. The van der Waals surface area contributed by atoms with Gasteiger partial charge in [-0.2, -0.15) is 0 Å². The third kappa shape index (κ3) is 4.76. The molecule has 7 heteroatoms. The van der Waals surface area contributed by atoms with Crippen molar-refractivity contribution < 1.29 is 9.53 Å². The van der Waals surface area contributed by atoms with Crippen molar-refractivity contribution >= 4 is 12.1 Å². The number of carbonyl (C=O) groups is 1. The summed E-state index contributed by atoms with van der Waals surface area (Å²) in [6.07, 6.45) is 3.98. The number of hydrogen-bond acceptors (Lipinski definition) is 4. The molecule has 0 radical (unpaired) electrons. The standard InChI is InChI=1S/C15H29N5O2/c1-3-22-15(21)20-9-6-12(7-10-20)18-14(16)17-11-13-5-4-8-19(13)2/h12-13H,3-11H2,1-2H3,(H3,16,17,18). The normalized spacial score (nSPS) is 24.5. The third-order valence-electron chi connectivity index (χ3n) is 4.52. The number of nitrogens with two attached hydrogens (primary N) is 1. The van der Waals surface area contributed by atoms with E-state index in [0.717, 1.165) is 25.9 Å². The number of piperidine rings is 1. The fourth-order valence-electron chi connectivity index (χ4n) is 3.09. The van der Waals surface area contributed by atoms with Crippen LogP contribution in [0.3, 0.4) is 0 Å². The van der Waals surface area contributed by atoms with E-state index in [2.05, 4.69) is 22.3 Å². The Morgan fingerprint density at radius 1 is 1.32 bits per heavy atom. The number of ether oxygens (including phenoxy) is 1. The molecule has 0 aromatic rings. The molecule has 2 heterocycles. The van der Waals surface area contributed by atoms with Crippen LogP contribution in [-0.2, 0) is 4.74 Å². The van der Waals surface area contributed by atoms with Gasteiger partial charge in [-0.25, -0.2) is 4.79 Å². The molecule has 0 aromatic carbocycles. The highest BCUT2D eigenvalue weighted by Crippen LogP contribution is 2.15. The summed E-state index contributed by atoms with van der Waals surface area (Å²) < 4.78 is 5.02. The number of guanidine groups is 1. The molecule has 1 unspecified atom stereocenters. The summed E-state index contributed by atoms with van der Waals surface area (Å²) in [6.45, 7) is 5.57. The minimum Gasteiger partial charge on any atom is -0.450 e. The second-order valence-electron chi connectivity index (χ2n) is 6.11. The number of rotatable bonds is 4. The van der Waals surface area contributed by atoms with Crippen molar-refractivity contribution in [1.82, 2.24) is 15.1 Å². The fourth-order valence-corrected chi connectivity index (χ4v) is 3.09. The van der Waals surface area contributed by atoms with E-state index in [1.54, 1.807) is 4.90 Å². The summed E-state index contributed by atoms with van der Waals surface area (Å²) in [6, 6.07) is 0.807. The van der Waals surface area contributed by atoms with Gasteiger partial charge in [0, 0.05) is 25.2 Å². The summed E-state index contributed by atoms with van der Waals surface area (Å²) in [5.74, 6) is 0.523. The molecule has 0 bridgehead atoms. The smallest absolute Gasteiger partial charge is 0.409 e. The quantitative estimate of drug-likeness (QED) is 0.587. The number of nitrogens with one attached hydrogen (secondary N) is 1. The molecular weight excluding hydrogens is 282 g/mol. The van der Waals surface area contributed by atoms with Gasteiger partial charge in [0.15, 0.2) is 5.96 Å². The van der Waals surface area contributed by atoms with Crippen LogP contribution in [0.5, 0.6) is 0 Å². The topological polar surface area (TPSA) is 83.2 Å². The lowest BCUT2D eigenvalue weighted by Gasteiger charge is -2.31. The first-order valence-corrected chi connectivity index (χ1v) is 8.28. The van der Waals surface area contributed by atoms with Gasteiger partial charge in [-0.3, -0.25) is 4.99 Å². The largest absolute Gasteiger partial charge is 0.450 e. The average Bonchev–Trinajstić information content (AvgIpc) is 2.91. The van der Waals surface area contributed by atoms with Crippen molar-refractivity contribution in [2.45, 2.75) is 44.7 Å². The number of nitrogens with zero attached hydrogens (tertiary/aromatic N) is 3. The molecule has 2 saturated heterocycles. The SMILES string of the molecule is CCOC(=O)N1CCC(NC(N)=NCC2CCCN2C)CC1. The van der Waals surface area contributed by atoms with Crippen LogP contribution in [0.15, 0.2) is 4.99 Å². The van der Waals surface area contributed by atoms with Crippen LogP contribution in [-0.4, -0.2) is 73.8 Å². The first-order chi connectivity index (χ1) is 10.6. The van der Waals surface area contributed by atoms with Crippen LogP contribution in [0.2, 0.25) is 0 Å². The van der Waals surface area contributed by atoms with Gasteiger partial charge < -0.3 is 25.6 Å². The van der Waals surface area contributed by atoms with Crippen molar-refractivity contribution in [2.75, 3.05) is 39.8 Å². The number of aliphatic imine (C=N–C) groups is 1. The molecule has 22 heavy (non-hydrogen) atoms. The minimum atomic E-state index is -0.216. The van der Waals surface area contributed by atoms with Crippen molar-refractivity contribution in [3.63, 3.8) is 0 Å². The van der Waals surface area contributed by atoms with Crippen molar-refractivity contribution in [3.05, 3.63) is 0 Å². The zero-order valence-corrected chi connectivity index (χ0v) is 13.8. The van der Waals surface area contributed by atoms with Crippen LogP contribution >= 0.6 is 0 Å². The van der Waals surface area contributed by atoms with E-state index in [1.165, 1.54) is 12.8 Å². The van der Waals surface area contributed by atoms with Gasteiger partial charge in [0.05, 0.1) is 13.2 Å². The van der Waals surface area contributed by atoms with E-state index in [9.17, 15) is 4.79 Å². The predicted molar refractivity (Wildman–Crippen MR) is 86.9 cm³/mol. The van der Waals surface area contributed by atoms with Gasteiger partial charge in [-0.1, -0.05) is 0 Å². The highest BCUT2D eigenvalue weighted by molar-refractivity contribution is 5.78. The second-order valence-corrected chi connectivity index (χ2v) is 6.11. The predicted octanol–water partition coefficient (Wildman–Crippen LogP) is 0.606. The third-order valence-corrected chi connectivity index (χ3v) is 4.52. The number of hydrogen-bond donors (Lipinski definition) is 2. The van der Waals surface area contributed by atoms with Crippen molar-refractivity contribution in [3.8, 4) is 0 Å². The molecular formula is C15H29N5O2. The van der Waals surface area contributed by atoms with Crippen LogP contribution < -0.4 is 11.1 Å². The molecule has 0 saturated carbocycles. The first-order valence-electron chi connectivity index (χ1n) is 8.28. The van der Waals surface area contributed by atoms with E-state index in [-0.39, 0.29) is 12.1 Å². The summed E-state index contributed by atoms with van der Waals surface area (Å²) in [4.78, 5) is 20.2. The molecule has 7 nitrogen and oxygen atoms in total. The molecule has 0 aliphatic carbocycles. The van der Waals surface area contributed by atoms with Gasteiger partial charge >= 0.3 is 6.09 Å². The molecule has 0 spiro atoms. The zero-order chi connectivity index (χ0) is 15.9. The molecule has 3 N–H and O–H groups in total. The second kappa shape index (κ2) is 8.22. The van der Waals surface area contributed by atoms with Crippen LogP contribution in [0.25, 0.3) is 0 Å². The summed E-state index contributed by atoms with van der Waals surface area (Å²) in [5.41, 5.74) is 5.99. The number of carbonyl (C=O) groups excluding carboxylic acids is 1. The van der Waals surface area contributed by atoms with Crippen LogP contribution in [0, 0.1) is 0 Å². The first kappa shape index (κ1) is 16.9. The van der Waals surface area contributed by atoms with Crippen molar-refractivity contribution in [2.24, 2.45) is 10.7 Å². The lowest BCUT2D eigenvalue weighted by Crippen LogP contribution is -2.48. The molecule has 2 aliphatic heterocycles. The van der Waals surface area contributed by atoms with E-state index in [1.807, 2.05) is 6.92 Å². The summed E-state index contributed by atoms with van der Waals surface area (Å²) in [7, 11) is 2.14. The maximum absolute atomic E-state index is 11.6. The van der Waals surface area contributed by atoms with Crippen molar-refractivity contribution in [1.29, 1.82) is 0 Å². The molecule has 2 aliphatic rings. The van der Waals surface area contributed by atoms with E-state index < -0.39 is 0 Å². The Morgan fingerprint density at radius 2 is 2.05 bits per heavy atom. The van der Waals surface area contributed by atoms with Crippen LogP contribution in [0.1, 0.15) is 32.6 Å². The lowest BCUT2D eigenvalue weighted by atomic mass is 10.1. The van der Waals surface area contributed by atoms with Gasteiger partial charge in [0.1, 0.15) is 0 Å².